The predicted molar refractivity (Wildman–Crippen MR) is 96.9 cm³/mol. The number of hydrogen-bond acceptors (Lipinski definition) is 5. The van der Waals surface area contributed by atoms with Gasteiger partial charge in [0.1, 0.15) is 17.6 Å². The van der Waals surface area contributed by atoms with Gasteiger partial charge in [-0.3, -0.25) is 0 Å². The molecule has 0 bridgehead atoms. The van der Waals surface area contributed by atoms with Crippen molar-refractivity contribution in [3.05, 3.63) is 59.8 Å². The summed E-state index contributed by atoms with van der Waals surface area (Å²) in [4.78, 5) is 4.16. The highest BCUT2D eigenvalue weighted by Crippen LogP contribution is 2.27. The fraction of sp³-hybridized carbons (Fsp3) is 0.300. The minimum Gasteiger partial charge on any atom is -0.385 e. The van der Waals surface area contributed by atoms with Crippen molar-refractivity contribution in [2.24, 2.45) is 11.7 Å². The molecule has 6 heteroatoms. The molecule has 132 valence electrons. The molecule has 1 fully saturated rings. The van der Waals surface area contributed by atoms with Crippen LogP contribution in [0.5, 0.6) is 0 Å². The van der Waals surface area contributed by atoms with Gasteiger partial charge in [0.15, 0.2) is 5.76 Å². The van der Waals surface area contributed by atoms with Crippen molar-refractivity contribution in [1.29, 1.82) is 0 Å². The van der Waals surface area contributed by atoms with Crippen LogP contribution in [0.3, 0.4) is 0 Å². The van der Waals surface area contributed by atoms with Crippen molar-refractivity contribution in [3.63, 3.8) is 0 Å². The topological polar surface area (TPSA) is 90.1 Å². The van der Waals surface area contributed by atoms with Gasteiger partial charge in [-0.15, -0.1) is 0 Å². The van der Waals surface area contributed by atoms with Crippen LogP contribution in [-0.2, 0) is 6.54 Å². The van der Waals surface area contributed by atoms with E-state index in [0.29, 0.717) is 24.0 Å². The zero-order valence-corrected chi connectivity index (χ0v) is 14.5. The van der Waals surface area contributed by atoms with Gasteiger partial charge < -0.3 is 19.9 Å². The van der Waals surface area contributed by atoms with Crippen LogP contribution in [0, 0.1) is 17.8 Å². The van der Waals surface area contributed by atoms with Crippen LogP contribution in [0.25, 0.3) is 11.3 Å². The highest BCUT2D eigenvalue weighted by atomic mass is 16.5. The number of aliphatic hydroxyl groups is 1. The van der Waals surface area contributed by atoms with Gasteiger partial charge in [0.2, 0.25) is 0 Å². The Labute approximate surface area is 151 Å². The van der Waals surface area contributed by atoms with Gasteiger partial charge in [-0.05, 0) is 37.6 Å². The van der Waals surface area contributed by atoms with E-state index in [2.05, 4.69) is 22.0 Å². The second-order valence-electron chi connectivity index (χ2n) is 6.62. The number of rotatable bonds is 4. The van der Waals surface area contributed by atoms with E-state index in [-0.39, 0.29) is 6.04 Å². The van der Waals surface area contributed by atoms with Gasteiger partial charge in [-0.25, -0.2) is 4.98 Å². The summed E-state index contributed by atoms with van der Waals surface area (Å²) in [7, 11) is 0. The Kier molecular flexibility index (Phi) is 4.33. The molecule has 3 atom stereocenters. The minimum atomic E-state index is -0.629. The summed E-state index contributed by atoms with van der Waals surface area (Å²) in [5.41, 5.74) is 8.44. The molecule has 3 aromatic rings. The number of aromatic nitrogens is 3. The van der Waals surface area contributed by atoms with Crippen LogP contribution in [0.2, 0.25) is 0 Å². The van der Waals surface area contributed by atoms with Crippen LogP contribution < -0.4 is 5.73 Å². The van der Waals surface area contributed by atoms with Gasteiger partial charge in [-0.2, -0.15) is 0 Å². The van der Waals surface area contributed by atoms with E-state index in [9.17, 15) is 5.11 Å². The van der Waals surface area contributed by atoms with E-state index in [1.807, 2.05) is 41.1 Å². The van der Waals surface area contributed by atoms with E-state index < -0.39 is 6.10 Å². The van der Waals surface area contributed by atoms with Crippen molar-refractivity contribution in [1.82, 2.24) is 14.7 Å². The summed E-state index contributed by atoms with van der Waals surface area (Å²) in [6.07, 6.45) is 3.85. The molecule has 0 radical (unpaired) electrons. The molecule has 1 saturated carbocycles. The molecule has 0 amide bonds. The van der Waals surface area contributed by atoms with E-state index in [4.69, 9.17) is 10.3 Å². The molecule has 1 unspecified atom stereocenters. The molecule has 0 spiro atoms. The first-order chi connectivity index (χ1) is 12.6. The monoisotopic (exact) mass is 348 g/mol. The first-order valence-corrected chi connectivity index (χ1v) is 8.62. The molecule has 1 aliphatic carbocycles. The van der Waals surface area contributed by atoms with Crippen LogP contribution in [0.15, 0.2) is 47.2 Å². The van der Waals surface area contributed by atoms with Crippen LogP contribution in [-0.4, -0.2) is 25.9 Å². The molecular weight excluding hydrogens is 328 g/mol. The predicted octanol–water partition coefficient (Wildman–Crippen LogP) is 2.34. The maximum atomic E-state index is 9.73. The first kappa shape index (κ1) is 16.6. The zero-order chi connectivity index (χ0) is 18.1. The van der Waals surface area contributed by atoms with Crippen LogP contribution >= 0.6 is 0 Å². The van der Waals surface area contributed by atoms with E-state index >= 15 is 0 Å². The second-order valence-corrected chi connectivity index (χ2v) is 6.62. The van der Waals surface area contributed by atoms with E-state index in [0.717, 1.165) is 23.2 Å². The summed E-state index contributed by atoms with van der Waals surface area (Å²) in [6, 6.07) is 10.0. The van der Waals surface area contributed by atoms with Crippen molar-refractivity contribution in [2.45, 2.75) is 32.0 Å². The van der Waals surface area contributed by atoms with Gasteiger partial charge in [0.25, 0.3) is 0 Å². The van der Waals surface area contributed by atoms with Crippen molar-refractivity contribution in [2.75, 3.05) is 0 Å². The third-order valence-corrected chi connectivity index (χ3v) is 4.42. The smallest absolute Gasteiger partial charge is 0.167 e. The lowest BCUT2D eigenvalue weighted by Gasteiger charge is -2.07. The molecule has 1 aromatic carbocycles. The molecule has 1 aliphatic rings. The number of benzene rings is 1. The summed E-state index contributed by atoms with van der Waals surface area (Å²) in [5, 5.41) is 13.9. The Hall–Kier alpha value is -2.88. The fourth-order valence-corrected chi connectivity index (χ4v) is 2.79. The van der Waals surface area contributed by atoms with Crippen LogP contribution in [0.1, 0.15) is 36.5 Å². The first-order valence-electron chi connectivity index (χ1n) is 8.62. The van der Waals surface area contributed by atoms with Crippen molar-refractivity contribution >= 4 is 0 Å². The van der Waals surface area contributed by atoms with Gasteiger partial charge in [-0.1, -0.05) is 17.0 Å². The number of hydrogen-bond donors (Lipinski definition) is 2. The molecule has 4 rings (SSSR count). The van der Waals surface area contributed by atoms with Gasteiger partial charge in [0.05, 0.1) is 6.54 Å². The maximum absolute atomic E-state index is 9.73. The number of nitrogens with zero attached hydrogens (tertiary/aromatic N) is 3. The molecule has 0 aliphatic heterocycles. The Bertz CT molecular complexity index is 960. The molecule has 0 saturated heterocycles. The van der Waals surface area contributed by atoms with E-state index in [1.165, 1.54) is 0 Å². The third kappa shape index (κ3) is 3.54. The average Bonchev–Trinajstić information content (AvgIpc) is 3.04. The highest BCUT2D eigenvalue weighted by Gasteiger charge is 2.31. The lowest BCUT2D eigenvalue weighted by Crippen LogP contribution is -2.07. The average molecular weight is 348 g/mol. The lowest BCUT2D eigenvalue weighted by atomic mass is 10.1. The molecule has 2 heterocycles. The molecular formula is C20H20N4O2. The molecule has 6 nitrogen and oxygen atoms in total. The summed E-state index contributed by atoms with van der Waals surface area (Å²) in [5.74, 6) is 7.99. The van der Waals surface area contributed by atoms with Crippen molar-refractivity contribution in [3.8, 4) is 23.2 Å². The Morgan fingerprint density at radius 2 is 2.15 bits per heavy atom. The standard InChI is InChI=1S/C20H20N4O2/c1-13(25)20-22-8-9-24(20)12-17-11-19(26-23-17)15-5-2-14(3-6-15)4-7-16-10-18(16)21/h2-3,5-6,8-9,11,13,16,18,25H,10,12,21H2,1H3/t13?,16-,18-/m1/s1. The summed E-state index contributed by atoms with van der Waals surface area (Å²) < 4.78 is 7.32. The quantitative estimate of drug-likeness (QED) is 0.706. The lowest BCUT2D eigenvalue weighted by molar-refractivity contribution is 0.184. The normalized spacial score (nSPS) is 19.7. The van der Waals surface area contributed by atoms with Crippen molar-refractivity contribution < 1.29 is 9.63 Å². The number of nitrogens with two attached hydrogens (primary N) is 1. The third-order valence-electron chi connectivity index (χ3n) is 4.42. The molecule has 2 aromatic heterocycles. The SMILES string of the molecule is CC(O)c1nccn1Cc1cc(-c2ccc(C#C[C@@H]3C[C@H]3N)cc2)on1. The second kappa shape index (κ2) is 6.79. The summed E-state index contributed by atoms with van der Waals surface area (Å²) in [6.45, 7) is 2.18. The number of imidazole rings is 1. The van der Waals surface area contributed by atoms with E-state index in [1.54, 1.807) is 13.1 Å². The Morgan fingerprint density at radius 3 is 2.85 bits per heavy atom. The molecule has 26 heavy (non-hydrogen) atoms. The number of aliphatic hydroxyl groups excluding tert-OH is 1. The zero-order valence-electron chi connectivity index (χ0n) is 14.5. The van der Waals surface area contributed by atoms with Gasteiger partial charge in [0, 0.05) is 41.5 Å². The van der Waals surface area contributed by atoms with Gasteiger partial charge >= 0.3 is 0 Å². The van der Waals surface area contributed by atoms with Crippen LogP contribution in [0.4, 0.5) is 0 Å². The summed E-state index contributed by atoms with van der Waals surface area (Å²) >= 11 is 0. The Morgan fingerprint density at radius 1 is 1.38 bits per heavy atom. The highest BCUT2D eigenvalue weighted by molar-refractivity contribution is 5.59. The minimum absolute atomic E-state index is 0.249. The maximum Gasteiger partial charge on any atom is 0.167 e. The Balaban J connectivity index is 1.47. The fourth-order valence-electron chi connectivity index (χ4n) is 2.79. The molecule has 3 N–H and O–H groups in total. The largest absolute Gasteiger partial charge is 0.385 e.